The summed E-state index contributed by atoms with van der Waals surface area (Å²) in [6, 6.07) is 15.6. The van der Waals surface area contributed by atoms with E-state index in [9.17, 15) is 28.0 Å². The lowest BCUT2D eigenvalue weighted by Crippen LogP contribution is -2.18. The van der Waals surface area contributed by atoms with Gasteiger partial charge in [-0.15, -0.1) is 11.3 Å². The molecule has 4 aromatic rings. The van der Waals surface area contributed by atoms with Gasteiger partial charge in [-0.1, -0.05) is 40.2 Å². The van der Waals surface area contributed by atoms with Crippen molar-refractivity contribution < 1.29 is 42.9 Å². The summed E-state index contributed by atoms with van der Waals surface area (Å²) in [5.74, 6) is -2.17. The number of rotatable bonds is 9. The molecular formula is C25H18BrF2N2O7PS. The molecule has 0 fully saturated rings. The summed E-state index contributed by atoms with van der Waals surface area (Å²) in [6.45, 7) is 0.0810. The molecule has 0 saturated heterocycles. The highest BCUT2D eigenvalue weighted by Crippen LogP contribution is 2.60. The summed E-state index contributed by atoms with van der Waals surface area (Å²) in [7, 11) is -5.77. The first kappa shape index (κ1) is 28.5. The molecule has 0 radical (unpaired) electrons. The molecule has 4 N–H and O–H groups in total. The molecular weight excluding hydrogens is 621 g/mol. The van der Waals surface area contributed by atoms with Gasteiger partial charge in [-0.3, -0.25) is 4.57 Å². The Bertz CT molecular complexity index is 1590. The van der Waals surface area contributed by atoms with Gasteiger partial charge in [0.05, 0.1) is 23.4 Å². The van der Waals surface area contributed by atoms with Crippen LogP contribution < -0.4 is 4.90 Å². The number of hydrogen-bond donors (Lipinski definition) is 4. The second kappa shape index (κ2) is 10.9. The number of alkyl halides is 2. The average Bonchev–Trinajstić information content (AvgIpc) is 3.36. The molecule has 39 heavy (non-hydrogen) atoms. The number of benzene rings is 3. The van der Waals surface area contributed by atoms with Gasteiger partial charge in [-0.25, -0.2) is 14.6 Å². The maximum absolute atomic E-state index is 14.3. The molecule has 4 rings (SSSR count). The Morgan fingerprint density at radius 2 is 1.51 bits per heavy atom. The van der Waals surface area contributed by atoms with E-state index in [1.807, 2.05) is 0 Å². The van der Waals surface area contributed by atoms with E-state index >= 15 is 0 Å². The summed E-state index contributed by atoms with van der Waals surface area (Å²) >= 11 is 4.24. The summed E-state index contributed by atoms with van der Waals surface area (Å²) < 4.78 is 39.7. The lowest BCUT2D eigenvalue weighted by Gasteiger charge is -2.24. The highest BCUT2D eigenvalue weighted by atomic mass is 79.9. The van der Waals surface area contributed by atoms with Crippen LogP contribution in [-0.4, -0.2) is 36.9 Å². The molecule has 0 unspecified atom stereocenters. The lowest BCUT2D eigenvalue weighted by atomic mass is 10.1. The topological polar surface area (TPSA) is 148 Å². The van der Waals surface area contributed by atoms with Crippen molar-refractivity contribution in [2.24, 2.45) is 0 Å². The fourth-order valence-corrected chi connectivity index (χ4v) is 5.79. The molecule has 0 bridgehead atoms. The monoisotopic (exact) mass is 638 g/mol. The minimum atomic E-state index is -5.77. The molecule has 9 nitrogen and oxygen atoms in total. The maximum Gasteiger partial charge on any atom is 0.399 e. The van der Waals surface area contributed by atoms with Gasteiger partial charge in [-0.2, -0.15) is 8.78 Å². The summed E-state index contributed by atoms with van der Waals surface area (Å²) in [5, 5.41) is 20.6. The molecule has 0 aliphatic heterocycles. The van der Waals surface area contributed by atoms with Crippen molar-refractivity contribution in [3.63, 3.8) is 0 Å². The Morgan fingerprint density at radius 1 is 0.949 bits per heavy atom. The number of carbonyl (C=O) groups is 2. The number of carboxylic acid groups (broad SMARTS) is 2. The van der Waals surface area contributed by atoms with E-state index in [2.05, 4.69) is 20.9 Å². The van der Waals surface area contributed by atoms with E-state index in [0.717, 1.165) is 6.07 Å². The third-order valence-electron chi connectivity index (χ3n) is 5.64. The van der Waals surface area contributed by atoms with Crippen molar-refractivity contribution in [3.05, 3.63) is 98.8 Å². The average molecular weight is 639 g/mol. The number of aromatic carboxylic acids is 2. The summed E-state index contributed by atoms with van der Waals surface area (Å²) in [6.07, 6.45) is 0. The van der Waals surface area contributed by atoms with E-state index in [0.29, 0.717) is 27.6 Å². The number of thiazole rings is 1. The van der Waals surface area contributed by atoms with Gasteiger partial charge >= 0.3 is 25.2 Å². The Labute approximate surface area is 232 Å². The number of aromatic nitrogens is 1. The van der Waals surface area contributed by atoms with E-state index in [1.54, 1.807) is 34.5 Å². The quantitative estimate of drug-likeness (QED) is 0.150. The third kappa shape index (κ3) is 6.07. The van der Waals surface area contributed by atoms with Crippen molar-refractivity contribution in [2.75, 3.05) is 4.90 Å². The zero-order valence-corrected chi connectivity index (χ0v) is 22.8. The fourth-order valence-electron chi connectivity index (χ4n) is 3.60. The Balaban J connectivity index is 1.71. The summed E-state index contributed by atoms with van der Waals surface area (Å²) in [5.41, 5.74) is -2.83. The van der Waals surface area contributed by atoms with Crippen LogP contribution in [0.3, 0.4) is 0 Å². The predicted octanol–water partition coefficient (Wildman–Crippen LogP) is 6.53. The second-order valence-corrected chi connectivity index (χ2v) is 11.6. The van der Waals surface area contributed by atoms with E-state index in [-0.39, 0.29) is 22.1 Å². The molecule has 1 heterocycles. The van der Waals surface area contributed by atoms with Crippen LogP contribution in [-0.2, 0) is 16.8 Å². The standard InChI is InChI=1S/C25H18BrF2N2O7PS/c26-20-11-14(1-10-19(20)25(27,28)38(35,36)37)12-30(18-8-6-17(7-9-18)23(33)34)24-29-21(13-39-24)15-2-4-16(5-3-15)22(31)32/h1-11,13H,12H2,(H,31,32)(H,33,34)(H2,35,36,37). The molecule has 0 spiro atoms. The first-order valence-corrected chi connectivity index (χ1v) is 14.2. The van der Waals surface area contributed by atoms with Crippen molar-refractivity contribution in [1.82, 2.24) is 4.98 Å². The molecule has 0 aliphatic rings. The van der Waals surface area contributed by atoms with Gasteiger partial charge in [0.25, 0.3) is 0 Å². The van der Waals surface area contributed by atoms with E-state index in [1.165, 1.54) is 47.7 Å². The van der Waals surface area contributed by atoms with Crippen LogP contribution in [0.15, 0.2) is 76.6 Å². The number of anilines is 2. The van der Waals surface area contributed by atoms with Crippen LogP contribution in [0, 0.1) is 0 Å². The fraction of sp³-hybridized carbons (Fsp3) is 0.0800. The molecule has 14 heteroatoms. The zero-order chi connectivity index (χ0) is 28.5. The van der Waals surface area contributed by atoms with Gasteiger partial charge < -0.3 is 24.9 Å². The maximum atomic E-state index is 14.3. The van der Waals surface area contributed by atoms with Crippen LogP contribution in [0.5, 0.6) is 0 Å². The minimum absolute atomic E-state index is 0.0591. The number of hydrogen-bond acceptors (Lipinski definition) is 6. The number of carboxylic acids is 2. The number of nitrogens with zero attached hydrogens (tertiary/aromatic N) is 2. The molecule has 0 atom stereocenters. The van der Waals surface area contributed by atoms with Crippen LogP contribution in [0.2, 0.25) is 0 Å². The highest BCUT2D eigenvalue weighted by Gasteiger charge is 2.51. The van der Waals surface area contributed by atoms with Crippen LogP contribution in [0.4, 0.5) is 19.6 Å². The van der Waals surface area contributed by atoms with E-state index in [4.69, 9.17) is 14.9 Å². The Hall–Kier alpha value is -3.48. The normalized spacial score (nSPS) is 11.8. The number of halogens is 3. The summed E-state index contributed by atoms with van der Waals surface area (Å²) in [4.78, 5) is 47.0. The van der Waals surface area contributed by atoms with Gasteiger partial charge in [-0.05, 0) is 48.0 Å². The van der Waals surface area contributed by atoms with Gasteiger partial charge in [0, 0.05) is 26.7 Å². The Morgan fingerprint density at radius 3 is 2.03 bits per heavy atom. The van der Waals surface area contributed by atoms with Crippen molar-refractivity contribution in [3.8, 4) is 11.3 Å². The predicted molar refractivity (Wildman–Crippen MR) is 144 cm³/mol. The van der Waals surface area contributed by atoms with Crippen LogP contribution >= 0.6 is 34.9 Å². The third-order valence-corrected chi connectivity index (χ3v) is 8.13. The molecule has 0 saturated carbocycles. The second-order valence-electron chi connectivity index (χ2n) is 8.24. The van der Waals surface area contributed by atoms with Crippen molar-refractivity contribution in [1.29, 1.82) is 0 Å². The smallest absolute Gasteiger partial charge is 0.399 e. The zero-order valence-electron chi connectivity index (χ0n) is 19.5. The lowest BCUT2D eigenvalue weighted by molar-refractivity contribution is 0.0557. The first-order valence-electron chi connectivity index (χ1n) is 10.9. The molecule has 0 amide bonds. The van der Waals surface area contributed by atoms with Gasteiger partial charge in [0.15, 0.2) is 5.13 Å². The van der Waals surface area contributed by atoms with Gasteiger partial charge in [0.2, 0.25) is 0 Å². The van der Waals surface area contributed by atoms with Crippen LogP contribution in [0.25, 0.3) is 11.3 Å². The first-order chi connectivity index (χ1) is 18.3. The van der Waals surface area contributed by atoms with Gasteiger partial charge in [0.1, 0.15) is 0 Å². The molecule has 202 valence electrons. The Kier molecular flexibility index (Phi) is 8.01. The van der Waals surface area contributed by atoms with E-state index < -0.39 is 30.8 Å². The largest absolute Gasteiger partial charge is 0.478 e. The molecule has 0 aliphatic carbocycles. The highest BCUT2D eigenvalue weighted by molar-refractivity contribution is 9.10. The molecule has 1 aromatic heterocycles. The minimum Gasteiger partial charge on any atom is -0.478 e. The van der Waals surface area contributed by atoms with Crippen molar-refractivity contribution >= 4 is 57.6 Å². The van der Waals surface area contributed by atoms with Crippen LogP contribution in [0.1, 0.15) is 31.8 Å². The molecule has 3 aromatic carbocycles. The SMILES string of the molecule is O=C(O)c1ccc(-c2csc(N(Cc3ccc(C(F)(F)P(=O)(O)O)c(Br)c3)c3ccc(C(=O)O)cc3)n2)cc1. The van der Waals surface area contributed by atoms with Crippen molar-refractivity contribution in [2.45, 2.75) is 12.2 Å².